The Balaban J connectivity index is 0. The average molecular weight is 230 g/mol. The first-order valence-electron chi connectivity index (χ1n) is 4.34. The van der Waals surface area contributed by atoms with Gasteiger partial charge in [-0.15, -0.1) is 11.6 Å². The number of alkyl halides is 1. The van der Waals surface area contributed by atoms with Crippen molar-refractivity contribution in [1.29, 1.82) is 0 Å². The van der Waals surface area contributed by atoms with Gasteiger partial charge in [-0.1, -0.05) is 0 Å². The molecule has 2 N–H and O–H groups in total. The number of carbonyl (C=O) groups is 1. The zero-order chi connectivity index (χ0) is 9.23. The van der Waals surface area contributed by atoms with E-state index in [1.54, 1.807) is 0 Å². The smallest absolute Gasteiger partial charge is 0.311 e. The van der Waals surface area contributed by atoms with Gasteiger partial charge in [0.1, 0.15) is 0 Å². The molecule has 0 aromatic rings. The third kappa shape index (κ3) is 12.0. The Morgan fingerprint density at radius 1 is 1.46 bits per heavy atom. The van der Waals surface area contributed by atoms with Gasteiger partial charge in [-0.3, -0.25) is 4.79 Å². The van der Waals surface area contributed by atoms with Gasteiger partial charge in [-0.2, -0.15) is 0 Å². The van der Waals surface area contributed by atoms with Crippen LogP contribution in [0, 0.1) is 0 Å². The summed E-state index contributed by atoms with van der Waals surface area (Å²) >= 11 is 5.48. The van der Waals surface area contributed by atoms with E-state index in [-0.39, 0.29) is 18.4 Å². The van der Waals surface area contributed by atoms with Gasteiger partial charge in [0.05, 0.1) is 26.1 Å². The number of hydrogen-bond donors (Lipinski definition) is 1. The maximum absolute atomic E-state index is 10.8. The predicted octanol–water partition coefficient (Wildman–Crippen LogP) is -2.86. The summed E-state index contributed by atoms with van der Waals surface area (Å²) < 4.78 is 4.76. The molecule has 0 rings (SSSR count). The van der Waals surface area contributed by atoms with E-state index in [4.69, 9.17) is 16.3 Å². The molecule has 0 aromatic heterocycles. The Morgan fingerprint density at radius 3 is 2.69 bits per heavy atom. The van der Waals surface area contributed by atoms with Crippen molar-refractivity contribution in [2.45, 2.75) is 19.8 Å². The second kappa shape index (κ2) is 12.0. The maximum atomic E-state index is 10.8. The summed E-state index contributed by atoms with van der Waals surface area (Å²) in [5.74, 6) is 0.579. The van der Waals surface area contributed by atoms with Crippen LogP contribution in [-0.4, -0.2) is 31.5 Å². The molecule has 0 radical (unpaired) electrons. The van der Waals surface area contributed by atoms with Crippen molar-refractivity contribution in [1.82, 2.24) is 0 Å². The lowest BCUT2D eigenvalue weighted by Crippen LogP contribution is -3.00. The Hall–Kier alpha value is 0.01000. The molecule has 0 aliphatic carbocycles. The van der Waals surface area contributed by atoms with Crippen LogP contribution in [0.5, 0.6) is 0 Å². The number of hydrogen-bond acceptors (Lipinski definition) is 2. The van der Waals surface area contributed by atoms with Crippen LogP contribution in [0.15, 0.2) is 0 Å². The third-order valence-corrected chi connectivity index (χ3v) is 1.67. The van der Waals surface area contributed by atoms with Gasteiger partial charge in [0.15, 0.2) is 0 Å². The second-order valence-electron chi connectivity index (χ2n) is 2.46. The number of esters is 1. The van der Waals surface area contributed by atoms with E-state index in [9.17, 15) is 4.79 Å². The first kappa shape index (κ1) is 15.5. The van der Waals surface area contributed by atoms with Crippen molar-refractivity contribution in [3.05, 3.63) is 0 Å². The SMILES string of the molecule is CCOC(=O)CC[NH2+]CCCCl.[Cl-]. The molecule has 0 amide bonds. The van der Waals surface area contributed by atoms with Crippen LogP contribution in [0.25, 0.3) is 0 Å². The topological polar surface area (TPSA) is 42.9 Å². The highest BCUT2D eigenvalue weighted by Crippen LogP contribution is 1.81. The Bertz CT molecular complexity index is 123. The molecule has 0 spiro atoms. The monoisotopic (exact) mass is 229 g/mol. The zero-order valence-corrected chi connectivity index (χ0v) is 9.40. The molecule has 0 saturated carbocycles. The molecular formula is C8H17Cl2NO2. The summed E-state index contributed by atoms with van der Waals surface area (Å²) in [4.78, 5) is 10.8. The highest BCUT2D eigenvalue weighted by molar-refractivity contribution is 6.17. The van der Waals surface area contributed by atoms with E-state index in [0.29, 0.717) is 18.9 Å². The largest absolute Gasteiger partial charge is 1.00 e. The van der Waals surface area contributed by atoms with Gasteiger partial charge in [0.2, 0.25) is 0 Å². The molecule has 0 aromatic carbocycles. The molecule has 80 valence electrons. The first-order chi connectivity index (χ1) is 5.81. The highest BCUT2D eigenvalue weighted by atomic mass is 35.5. The third-order valence-electron chi connectivity index (χ3n) is 1.40. The molecular weight excluding hydrogens is 213 g/mol. The van der Waals surface area contributed by atoms with E-state index in [0.717, 1.165) is 19.5 Å². The van der Waals surface area contributed by atoms with Crippen LogP contribution in [0.1, 0.15) is 19.8 Å². The predicted molar refractivity (Wildman–Crippen MR) is 48.2 cm³/mol. The van der Waals surface area contributed by atoms with Crippen molar-refractivity contribution in [2.75, 3.05) is 25.6 Å². The molecule has 0 bridgehead atoms. The standard InChI is InChI=1S/C8H16ClNO2.ClH/c1-2-12-8(11)4-7-10-6-3-5-9;/h10H,2-7H2,1H3;1H. The molecule has 0 saturated heterocycles. The van der Waals surface area contributed by atoms with Crippen LogP contribution >= 0.6 is 11.6 Å². The molecule has 0 unspecified atom stereocenters. The lowest BCUT2D eigenvalue weighted by atomic mass is 10.4. The molecule has 0 fully saturated rings. The van der Waals surface area contributed by atoms with Gasteiger partial charge in [-0.25, -0.2) is 0 Å². The number of halogens is 2. The van der Waals surface area contributed by atoms with Crippen LogP contribution < -0.4 is 17.7 Å². The Morgan fingerprint density at radius 2 is 2.15 bits per heavy atom. The fourth-order valence-electron chi connectivity index (χ4n) is 0.819. The minimum Gasteiger partial charge on any atom is -1.00 e. The summed E-state index contributed by atoms with van der Waals surface area (Å²) in [7, 11) is 0. The lowest BCUT2D eigenvalue weighted by Gasteiger charge is -2.00. The summed E-state index contributed by atoms with van der Waals surface area (Å²) in [5, 5.41) is 2.08. The number of ether oxygens (including phenoxy) is 1. The Kier molecular flexibility index (Phi) is 14.3. The number of carbonyl (C=O) groups excluding carboxylic acids is 1. The molecule has 0 atom stereocenters. The lowest BCUT2D eigenvalue weighted by molar-refractivity contribution is -0.653. The summed E-state index contributed by atoms with van der Waals surface area (Å²) in [6, 6.07) is 0. The quantitative estimate of drug-likeness (QED) is 0.290. The van der Waals surface area contributed by atoms with Gasteiger partial charge in [0.25, 0.3) is 0 Å². The van der Waals surface area contributed by atoms with Crippen molar-refractivity contribution in [3.63, 3.8) is 0 Å². The van der Waals surface area contributed by atoms with Crippen molar-refractivity contribution >= 4 is 17.6 Å². The first-order valence-corrected chi connectivity index (χ1v) is 4.88. The van der Waals surface area contributed by atoms with E-state index in [1.165, 1.54) is 0 Å². The molecule has 3 nitrogen and oxygen atoms in total. The second-order valence-corrected chi connectivity index (χ2v) is 2.84. The molecule has 5 heteroatoms. The average Bonchev–Trinajstić information content (AvgIpc) is 2.05. The van der Waals surface area contributed by atoms with Gasteiger partial charge in [-0.05, 0) is 6.92 Å². The van der Waals surface area contributed by atoms with E-state index >= 15 is 0 Å². The molecule has 0 aliphatic heterocycles. The van der Waals surface area contributed by atoms with Crippen LogP contribution in [0.2, 0.25) is 0 Å². The Labute approximate surface area is 90.6 Å². The highest BCUT2D eigenvalue weighted by Gasteiger charge is 2.01. The van der Waals surface area contributed by atoms with Crippen molar-refractivity contribution in [3.8, 4) is 0 Å². The molecule has 0 heterocycles. The van der Waals surface area contributed by atoms with Gasteiger partial charge in [0, 0.05) is 12.3 Å². The van der Waals surface area contributed by atoms with E-state index in [2.05, 4.69) is 5.32 Å². The normalized spacial score (nSPS) is 9.08. The van der Waals surface area contributed by atoms with Crippen LogP contribution in [0.3, 0.4) is 0 Å². The zero-order valence-electron chi connectivity index (χ0n) is 7.89. The van der Waals surface area contributed by atoms with Gasteiger partial charge < -0.3 is 22.5 Å². The number of rotatable bonds is 7. The van der Waals surface area contributed by atoms with Gasteiger partial charge >= 0.3 is 5.97 Å². The number of quaternary nitrogens is 1. The van der Waals surface area contributed by atoms with E-state index < -0.39 is 0 Å². The fraction of sp³-hybridized carbons (Fsp3) is 0.875. The van der Waals surface area contributed by atoms with Crippen molar-refractivity contribution in [2.24, 2.45) is 0 Å². The van der Waals surface area contributed by atoms with Crippen molar-refractivity contribution < 1.29 is 27.3 Å². The summed E-state index contributed by atoms with van der Waals surface area (Å²) in [5.41, 5.74) is 0. The van der Waals surface area contributed by atoms with E-state index in [1.807, 2.05) is 6.92 Å². The summed E-state index contributed by atoms with van der Waals surface area (Å²) in [6.45, 7) is 4.08. The minimum absolute atomic E-state index is 0. The number of nitrogens with two attached hydrogens (primary N) is 1. The summed E-state index contributed by atoms with van der Waals surface area (Å²) in [6.07, 6.45) is 1.49. The minimum atomic E-state index is -0.111. The maximum Gasteiger partial charge on any atom is 0.311 e. The van der Waals surface area contributed by atoms with Crippen LogP contribution in [0.4, 0.5) is 0 Å². The molecule has 0 aliphatic rings. The molecule has 13 heavy (non-hydrogen) atoms. The van der Waals surface area contributed by atoms with Crippen LogP contribution in [-0.2, 0) is 9.53 Å². The fourth-order valence-corrected chi connectivity index (χ4v) is 0.973.